The SMILES string of the molecule is Cn1cccc1C(O)CNC(=O)c1ccc([N+](=O)[O-])cc1Cl. The van der Waals surface area contributed by atoms with E-state index in [-0.39, 0.29) is 22.8 Å². The second-order valence-corrected chi connectivity index (χ2v) is 5.10. The Kier molecular flexibility index (Phi) is 4.79. The van der Waals surface area contributed by atoms with Gasteiger partial charge in [0.25, 0.3) is 11.6 Å². The van der Waals surface area contributed by atoms with E-state index >= 15 is 0 Å². The predicted octanol–water partition coefficient (Wildman–Crippen LogP) is 2.05. The van der Waals surface area contributed by atoms with Crippen LogP contribution in [0.15, 0.2) is 36.5 Å². The van der Waals surface area contributed by atoms with E-state index in [4.69, 9.17) is 11.6 Å². The van der Waals surface area contributed by atoms with E-state index in [0.717, 1.165) is 6.07 Å². The number of nitrogens with zero attached hydrogens (tertiary/aromatic N) is 2. The number of hydrogen-bond donors (Lipinski definition) is 2. The number of nitrogens with one attached hydrogen (secondary N) is 1. The van der Waals surface area contributed by atoms with Crippen LogP contribution in [0.1, 0.15) is 22.2 Å². The molecule has 116 valence electrons. The van der Waals surface area contributed by atoms with Gasteiger partial charge in [0.15, 0.2) is 0 Å². The third-order valence-corrected chi connectivity index (χ3v) is 3.50. The Labute approximate surface area is 131 Å². The van der Waals surface area contributed by atoms with Crippen molar-refractivity contribution in [3.05, 3.63) is 62.9 Å². The molecule has 0 fully saturated rings. The molecule has 8 heteroatoms. The summed E-state index contributed by atoms with van der Waals surface area (Å²) in [5, 5.41) is 23.2. The van der Waals surface area contributed by atoms with Crippen LogP contribution < -0.4 is 5.32 Å². The molecular weight excluding hydrogens is 310 g/mol. The van der Waals surface area contributed by atoms with Gasteiger partial charge in [0, 0.05) is 37.6 Å². The molecule has 0 radical (unpaired) electrons. The van der Waals surface area contributed by atoms with Crippen LogP contribution in [0, 0.1) is 10.1 Å². The number of aromatic nitrogens is 1. The van der Waals surface area contributed by atoms with Crippen molar-refractivity contribution in [2.24, 2.45) is 7.05 Å². The Bertz CT molecular complexity index is 714. The number of carbonyl (C=O) groups is 1. The molecule has 0 saturated heterocycles. The van der Waals surface area contributed by atoms with E-state index in [1.165, 1.54) is 12.1 Å². The summed E-state index contributed by atoms with van der Waals surface area (Å²) in [6.07, 6.45) is 0.925. The van der Waals surface area contributed by atoms with Crippen LogP contribution in [-0.2, 0) is 7.05 Å². The minimum atomic E-state index is -0.860. The lowest BCUT2D eigenvalue weighted by molar-refractivity contribution is -0.384. The van der Waals surface area contributed by atoms with Crippen LogP contribution >= 0.6 is 11.6 Å². The van der Waals surface area contributed by atoms with Gasteiger partial charge < -0.3 is 15.0 Å². The number of halogens is 1. The van der Waals surface area contributed by atoms with Gasteiger partial charge in [-0.2, -0.15) is 0 Å². The standard InChI is InChI=1S/C14H14ClN3O4/c1-17-6-2-3-12(17)13(19)8-16-14(20)10-5-4-9(18(21)22)7-11(10)15/h2-7,13,19H,8H2,1H3,(H,16,20). The lowest BCUT2D eigenvalue weighted by atomic mass is 10.2. The summed E-state index contributed by atoms with van der Waals surface area (Å²) in [5.74, 6) is -0.506. The van der Waals surface area contributed by atoms with E-state index in [1.54, 1.807) is 29.9 Å². The molecule has 1 atom stereocenters. The average Bonchev–Trinajstić information content (AvgIpc) is 2.90. The van der Waals surface area contributed by atoms with Gasteiger partial charge in [-0.05, 0) is 18.2 Å². The molecule has 2 aromatic rings. The van der Waals surface area contributed by atoms with Crippen LogP contribution in [0.5, 0.6) is 0 Å². The number of non-ortho nitro benzene ring substituents is 1. The summed E-state index contributed by atoms with van der Waals surface area (Å²) in [4.78, 5) is 22.1. The van der Waals surface area contributed by atoms with E-state index in [9.17, 15) is 20.0 Å². The Balaban J connectivity index is 2.04. The molecule has 0 saturated carbocycles. The minimum absolute atomic E-state index is 0.00397. The molecule has 0 spiro atoms. The topological polar surface area (TPSA) is 97.4 Å². The normalized spacial score (nSPS) is 12.0. The van der Waals surface area contributed by atoms with Gasteiger partial charge in [-0.3, -0.25) is 14.9 Å². The third kappa shape index (κ3) is 3.44. The van der Waals surface area contributed by atoms with Gasteiger partial charge in [-0.25, -0.2) is 0 Å². The van der Waals surface area contributed by atoms with Gasteiger partial charge in [-0.1, -0.05) is 11.6 Å². The van der Waals surface area contributed by atoms with Gasteiger partial charge in [0.2, 0.25) is 0 Å². The van der Waals surface area contributed by atoms with E-state index < -0.39 is 16.9 Å². The van der Waals surface area contributed by atoms with Gasteiger partial charge in [0.1, 0.15) is 6.10 Å². The summed E-state index contributed by atoms with van der Waals surface area (Å²) >= 11 is 5.88. The first kappa shape index (κ1) is 16.0. The first-order chi connectivity index (χ1) is 10.4. The molecule has 1 heterocycles. The van der Waals surface area contributed by atoms with Crippen molar-refractivity contribution < 1.29 is 14.8 Å². The summed E-state index contributed by atoms with van der Waals surface area (Å²) in [6.45, 7) is 0.00397. The van der Waals surface area contributed by atoms with Crippen molar-refractivity contribution in [2.75, 3.05) is 6.54 Å². The Morgan fingerprint density at radius 3 is 2.77 bits per heavy atom. The Morgan fingerprint density at radius 1 is 1.50 bits per heavy atom. The molecule has 22 heavy (non-hydrogen) atoms. The Morgan fingerprint density at radius 2 is 2.23 bits per heavy atom. The summed E-state index contributed by atoms with van der Waals surface area (Å²) in [5.41, 5.74) is 0.590. The number of benzene rings is 1. The number of aryl methyl sites for hydroxylation is 1. The molecule has 1 amide bonds. The highest BCUT2D eigenvalue weighted by molar-refractivity contribution is 6.34. The van der Waals surface area contributed by atoms with Crippen molar-refractivity contribution in [3.8, 4) is 0 Å². The highest BCUT2D eigenvalue weighted by atomic mass is 35.5. The Hall–Kier alpha value is -2.38. The molecule has 2 N–H and O–H groups in total. The smallest absolute Gasteiger partial charge is 0.270 e. The predicted molar refractivity (Wildman–Crippen MR) is 80.8 cm³/mol. The highest BCUT2D eigenvalue weighted by Gasteiger charge is 2.17. The van der Waals surface area contributed by atoms with Gasteiger partial charge in [-0.15, -0.1) is 0 Å². The van der Waals surface area contributed by atoms with Crippen molar-refractivity contribution in [2.45, 2.75) is 6.10 Å². The van der Waals surface area contributed by atoms with Crippen molar-refractivity contribution >= 4 is 23.2 Å². The molecule has 1 aromatic carbocycles. The summed E-state index contributed by atoms with van der Waals surface area (Å²) < 4.78 is 1.75. The number of aliphatic hydroxyl groups excluding tert-OH is 1. The first-order valence-electron chi connectivity index (χ1n) is 6.41. The van der Waals surface area contributed by atoms with Crippen LogP contribution in [0.3, 0.4) is 0 Å². The van der Waals surface area contributed by atoms with E-state index in [0.29, 0.717) is 5.69 Å². The van der Waals surface area contributed by atoms with Gasteiger partial charge in [0.05, 0.1) is 15.5 Å². The largest absolute Gasteiger partial charge is 0.385 e. The fourth-order valence-corrected chi connectivity index (χ4v) is 2.27. The van der Waals surface area contributed by atoms with Crippen molar-refractivity contribution in [1.82, 2.24) is 9.88 Å². The molecule has 0 bridgehead atoms. The molecular formula is C14H14ClN3O4. The number of carbonyl (C=O) groups excluding carboxylic acids is 1. The molecule has 0 aliphatic rings. The van der Waals surface area contributed by atoms with Crippen LogP contribution in [0.2, 0.25) is 5.02 Å². The quantitative estimate of drug-likeness (QED) is 0.650. The molecule has 1 unspecified atom stereocenters. The summed E-state index contributed by atoms with van der Waals surface area (Å²) in [6, 6.07) is 7.13. The van der Waals surface area contributed by atoms with Gasteiger partial charge >= 0.3 is 0 Å². The number of hydrogen-bond acceptors (Lipinski definition) is 4. The minimum Gasteiger partial charge on any atom is -0.385 e. The zero-order valence-electron chi connectivity index (χ0n) is 11.7. The number of nitro groups is 1. The zero-order chi connectivity index (χ0) is 16.3. The lowest BCUT2D eigenvalue weighted by Gasteiger charge is -2.13. The maximum absolute atomic E-state index is 12.0. The third-order valence-electron chi connectivity index (χ3n) is 3.19. The monoisotopic (exact) mass is 323 g/mol. The second-order valence-electron chi connectivity index (χ2n) is 4.69. The van der Waals surface area contributed by atoms with Crippen LogP contribution in [0.25, 0.3) is 0 Å². The number of rotatable bonds is 5. The molecule has 7 nitrogen and oxygen atoms in total. The number of nitro benzene ring substituents is 1. The lowest BCUT2D eigenvalue weighted by Crippen LogP contribution is -2.29. The number of amides is 1. The maximum atomic E-state index is 12.0. The van der Waals surface area contributed by atoms with E-state index in [1.807, 2.05) is 0 Å². The van der Waals surface area contributed by atoms with Crippen molar-refractivity contribution in [3.63, 3.8) is 0 Å². The first-order valence-corrected chi connectivity index (χ1v) is 6.79. The number of aliphatic hydroxyl groups is 1. The fourth-order valence-electron chi connectivity index (χ4n) is 2.01. The van der Waals surface area contributed by atoms with Crippen molar-refractivity contribution in [1.29, 1.82) is 0 Å². The fraction of sp³-hybridized carbons (Fsp3) is 0.214. The average molecular weight is 324 g/mol. The van der Waals surface area contributed by atoms with Crippen LogP contribution in [0.4, 0.5) is 5.69 Å². The molecule has 1 aromatic heterocycles. The maximum Gasteiger partial charge on any atom is 0.270 e. The summed E-state index contributed by atoms with van der Waals surface area (Å²) in [7, 11) is 1.79. The second kappa shape index (κ2) is 6.59. The molecule has 0 aliphatic carbocycles. The van der Waals surface area contributed by atoms with E-state index in [2.05, 4.69) is 5.32 Å². The molecule has 0 aliphatic heterocycles. The zero-order valence-corrected chi connectivity index (χ0v) is 12.4. The highest BCUT2D eigenvalue weighted by Crippen LogP contribution is 2.22. The molecule has 2 rings (SSSR count). The van der Waals surface area contributed by atoms with Crippen LogP contribution in [-0.4, -0.2) is 27.0 Å².